The summed E-state index contributed by atoms with van der Waals surface area (Å²) in [5, 5.41) is 14.9. The molecule has 2 aromatic rings. The number of hydrogen-bond acceptors (Lipinski definition) is 4. The van der Waals surface area contributed by atoms with Gasteiger partial charge in [-0.3, -0.25) is 0 Å². The second-order valence-corrected chi connectivity index (χ2v) is 4.65. The Morgan fingerprint density at radius 2 is 2.31 bits per heavy atom. The molecule has 86 valence electrons. The number of aryl methyl sites for hydroxylation is 1. The zero-order chi connectivity index (χ0) is 11.4. The van der Waals surface area contributed by atoms with Crippen LogP contribution in [0.5, 0.6) is 0 Å². The smallest absolute Gasteiger partial charge is 0.117 e. The normalized spacial score (nSPS) is 12.9. The van der Waals surface area contributed by atoms with E-state index in [0.717, 1.165) is 16.4 Å². The Labute approximate surface area is 98.7 Å². The van der Waals surface area contributed by atoms with Crippen molar-refractivity contribution in [3.05, 3.63) is 46.0 Å². The van der Waals surface area contributed by atoms with Crippen molar-refractivity contribution in [2.24, 2.45) is 0 Å². The summed E-state index contributed by atoms with van der Waals surface area (Å²) in [5.74, 6) is 1.81. The summed E-state index contributed by atoms with van der Waals surface area (Å²) in [7, 11) is 0. The molecular weight excluding hydrogens is 222 g/mol. The zero-order valence-corrected chi connectivity index (χ0v) is 9.96. The Balaban J connectivity index is 1.76. The Morgan fingerprint density at radius 1 is 1.44 bits per heavy atom. The molecule has 16 heavy (non-hydrogen) atoms. The summed E-state index contributed by atoms with van der Waals surface area (Å²) in [4.78, 5) is 0.989. The second-order valence-electron chi connectivity index (χ2n) is 3.67. The number of nitrogens with one attached hydrogen (secondary N) is 1. The third-order valence-electron chi connectivity index (χ3n) is 2.30. The van der Waals surface area contributed by atoms with Crippen molar-refractivity contribution in [3.63, 3.8) is 0 Å². The predicted octanol–water partition coefficient (Wildman–Crippen LogP) is 2.47. The summed E-state index contributed by atoms with van der Waals surface area (Å²) < 4.78 is 5.41. The summed E-state index contributed by atoms with van der Waals surface area (Å²) >= 11 is 1.57. The van der Waals surface area contributed by atoms with E-state index < -0.39 is 6.10 Å². The molecule has 2 N–H and O–H groups in total. The van der Waals surface area contributed by atoms with E-state index >= 15 is 0 Å². The van der Waals surface area contributed by atoms with Crippen molar-refractivity contribution in [2.75, 3.05) is 6.54 Å². The maximum absolute atomic E-state index is 9.81. The zero-order valence-electron chi connectivity index (χ0n) is 9.14. The monoisotopic (exact) mass is 237 g/mol. The van der Waals surface area contributed by atoms with Gasteiger partial charge in [-0.1, -0.05) is 6.07 Å². The molecular formula is C12H15NO2S. The summed E-state index contributed by atoms with van der Waals surface area (Å²) in [6.45, 7) is 3.11. The van der Waals surface area contributed by atoms with Gasteiger partial charge >= 0.3 is 0 Å². The highest BCUT2D eigenvalue weighted by atomic mass is 32.1. The Morgan fingerprint density at radius 3 is 2.94 bits per heavy atom. The van der Waals surface area contributed by atoms with Crippen LogP contribution in [0.3, 0.4) is 0 Å². The van der Waals surface area contributed by atoms with E-state index in [1.54, 1.807) is 11.3 Å². The topological polar surface area (TPSA) is 45.4 Å². The van der Waals surface area contributed by atoms with Crippen LogP contribution in [0.1, 0.15) is 22.5 Å². The first-order valence-corrected chi connectivity index (χ1v) is 6.11. The highest BCUT2D eigenvalue weighted by molar-refractivity contribution is 7.10. The fourth-order valence-corrected chi connectivity index (χ4v) is 2.21. The highest BCUT2D eigenvalue weighted by Crippen LogP contribution is 2.17. The van der Waals surface area contributed by atoms with Crippen molar-refractivity contribution in [1.82, 2.24) is 5.32 Å². The minimum Gasteiger partial charge on any atom is -0.465 e. The third-order valence-corrected chi connectivity index (χ3v) is 3.28. The fourth-order valence-electron chi connectivity index (χ4n) is 1.49. The standard InChI is InChI=1S/C12H15NO2S/c1-9-4-5-10(15-9)7-13-8-11(14)12-3-2-6-16-12/h2-6,11,13-14H,7-8H2,1H3. The van der Waals surface area contributed by atoms with Crippen molar-refractivity contribution in [3.8, 4) is 0 Å². The van der Waals surface area contributed by atoms with Crippen LogP contribution in [0, 0.1) is 6.92 Å². The molecule has 0 fully saturated rings. The lowest BCUT2D eigenvalue weighted by Gasteiger charge is -2.08. The largest absolute Gasteiger partial charge is 0.465 e. The Hall–Kier alpha value is -1.10. The molecule has 0 aliphatic heterocycles. The number of thiophene rings is 1. The molecule has 2 aromatic heterocycles. The van der Waals surface area contributed by atoms with Gasteiger partial charge in [0.1, 0.15) is 17.6 Å². The number of hydrogen-bond donors (Lipinski definition) is 2. The molecule has 2 rings (SSSR count). The van der Waals surface area contributed by atoms with E-state index in [2.05, 4.69) is 5.32 Å². The van der Waals surface area contributed by atoms with Crippen LogP contribution in [0.15, 0.2) is 34.1 Å². The van der Waals surface area contributed by atoms with Crippen LogP contribution in [0.4, 0.5) is 0 Å². The first kappa shape index (κ1) is 11.4. The summed E-state index contributed by atoms with van der Waals surface area (Å²) in [6, 6.07) is 7.76. The Kier molecular flexibility index (Phi) is 3.77. The maximum atomic E-state index is 9.81. The molecule has 1 unspecified atom stereocenters. The van der Waals surface area contributed by atoms with Crippen LogP contribution in [0.25, 0.3) is 0 Å². The highest BCUT2D eigenvalue weighted by Gasteiger charge is 2.07. The van der Waals surface area contributed by atoms with Crippen LogP contribution < -0.4 is 5.32 Å². The lowest BCUT2D eigenvalue weighted by molar-refractivity contribution is 0.177. The van der Waals surface area contributed by atoms with E-state index in [1.807, 2.05) is 36.6 Å². The van der Waals surface area contributed by atoms with E-state index in [9.17, 15) is 5.11 Å². The first-order valence-electron chi connectivity index (χ1n) is 5.23. The number of rotatable bonds is 5. The number of aliphatic hydroxyl groups excluding tert-OH is 1. The lowest BCUT2D eigenvalue weighted by Crippen LogP contribution is -2.20. The van der Waals surface area contributed by atoms with Gasteiger partial charge in [0.2, 0.25) is 0 Å². The van der Waals surface area contributed by atoms with Crippen LogP contribution in [-0.2, 0) is 6.54 Å². The van der Waals surface area contributed by atoms with Crippen LogP contribution in [-0.4, -0.2) is 11.7 Å². The van der Waals surface area contributed by atoms with E-state index in [4.69, 9.17) is 4.42 Å². The molecule has 0 spiro atoms. The number of furan rings is 1. The van der Waals surface area contributed by atoms with Gasteiger partial charge in [-0.15, -0.1) is 11.3 Å². The van der Waals surface area contributed by atoms with Gasteiger partial charge < -0.3 is 14.8 Å². The molecule has 0 aliphatic rings. The summed E-state index contributed by atoms with van der Waals surface area (Å²) in [5.41, 5.74) is 0. The molecule has 0 bridgehead atoms. The predicted molar refractivity (Wildman–Crippen MR) is 64.4 cm³/mol. The van der Waals surface area contributed by atoms with Crippen molar-refractivity contribution < 1.29 is 9.52 Å². The quantitative estimate of drug-likeness (QED) is 0.839. The fraction of sp³-hybridized carbons (Fsp3) is 0.333. The average Bonchev–Trinajstić information content (AvgIpc) is 2.89. The van der Waals surface area contributed by atoms with E-state index in [0.29, 0.717) is 13.1 Å². The molecule has 1 atom stereocenters. The molecule has 0 radical (unpaired) electrons. The van der Waals surface area contributed by atoms with E-state index in [-0.39, 0.29) is 0 Å². The molecule has 0 aromatic carbocycles. The lowest BCUT2D eigenvalue weighted by atomic mass is 10.3. The third kappa shape index (κ3) is 2.95. The van der Waals surface area contributed by atoms with Gasteiger partial charge in [0.05, 0.1) is 6.54 Å². The van der Waals surface area contributed by atoms with Gasteiger partial charge in [-0.05, 0) is 30.5 Å². The van der Waals surface area contributed by atoms with Crippen molar-refractivity contribution in [1.29, 1.82) is 0 Å². The van der Waals surface area contributed by atoms with Crippen molar-refractivity contribution in [2.45, 2.75) is 19.6 Å². The van der Waals surface area contributed by atoms with Gasteiger partial charge in [-0.2, -0.15) is 0 Å². The van der Waals surface area contributed by atoms with Gasteiger partial charge in [0.15, 0.2) is 0 Å². The van der Waals surface area contributed by atoms with Gasteiger partial charge in [0, 0.05) is 11.4 Å². The first-order chi connectivity index (χ1) is 7.75. The Bertz CT molecular complexity index is 422. The minimum absolute atomic E-state index is 0.434. The second kappa shape index (κ2) is 5.30. The molecule has 0 saturated carbocycles. The molecule has 3 nitrogen and oxygen atoms in total. The SMILES string of the molecule is Cc1ccc(CNCC(O)c2cccs2)o1. The average molecular weight is 237 g/mol. The summed E-state index contributed by atoms with van der Waals surface area (Å²) in [6.07, 6.45) is -0.434. The van der Waals surface area contributed by atoms with Gasteiger partial charge in [0.25, 0.3) is 0 Å². The van der Waals surface area contributed by atoms with Crippen molar-refractivity contribution >= 4 is 11.3 Å². The molecule has 2 heterocycles. The minimum atomic E-state index is -0.434. The molecule has 4 heteroatoms. The van der Waals surface area contributed by atoms with Crippen LogP contribution >= 0.6 is 11.3 Å². The number of aliphatic hydroxyl groups is 1. The molecule has 0 aliphatic carbocycles. The molecule has 0 saturated heterocycles. The maximum Gasteiger partial charge on any atom is 0.117 e. The molecule has 0 amide bonds. The van der Waals surface area contributed by atoms with E-state index in [1.165, 1.54) is 0 Å². The van der Waals surface area contributed by atoms with Crippen LogP contribution in [0.2, 0.25) is 0 Å². The van der Waals surface area contributed by atoms with Gasteiger partial charge in [-0.25, -0.2) is 0 Å².